The summed E-state index contributed by atoms with van der Waals surface area (Å²) in [5.41, 5.74) is 4.22. The Bertz CT molecular complexity index is 802. The number of benzene rings is 1. The molecule has 0 spiro atoms. The predicted octanol–water partition coefficient (Wildman–Crippen LogP) is 3.95. The largest absolute Gasteiger partial charge is 0.350 e. The van der Waals surface area contributed by atoms with Gasteiger partial charge in [-0.15, -0.1) is 0 Å². The van der Waals surface area contributed by atoms with Gasteiger partial charge in [0, 0.05) is 30.7 Å². The maximum absolute atomic E-state index is 12.1. The molecule has 0 saturated heterocycles. The molecule has 1 N–H and O–H groups in total. The van der Waals surface area contributed by atoms with Crippen LogP contribution >= 0.6 is 0 Å². The van der Waals surface area contributed by atoms with Gasteiger partial charge in [0.1, 0.15) is 0 Å². The monoisotopic (exact) mass is 331 g/mol. The second-order valence-electron chi connectivity index (χ2n) is 5.97. The first-order chi connectivity index (χ1) is 12.2. The number of carbonyl (C=O) groups is 1. The summed E-state index contributed by atoms with van der Waals surface area (Å²) in [5, 5.41) is 3.05. The molecule has 25 heavy (non-hydrogen) atoms. The summed E-state index contributed by atoms with van der Waals surface area (Å²) in [7, 11) is 0. The van der Waals surface area contributed by atoms with Crippen molar-refractivity contribution in [1.29, 1.82) is 0 Å². The number of aromatic nitrogens is 2. The Morgan fingerprint density at radius 2 is 1.84 bits per heavy atom. The number of hydrogen-bond acceptors (Lipinski definition) is 3. The first-order valence-corrected chi connectivity index (χ1v) is 8.42. The highest BCUT2D eigenvalue weighted by molar-refractivity contribution is 5.76. The van der Waals surface area contributed by atoms with Crippen molar-refractivity contribution in [2.24, 2.45) is 0 Å². The molecule has 4 heteroatoms. The van der Waals surface area contributed by atoms with Crippen molar-refractivity contribution in [2.45, 2.75) is 25.8 Å². The van der Waals surface area contributed by atoms with Crippen LogP contribution in [-0.4, -0.2) is 15.9 Å². The van der Waals surface area contributed by atoms with Crippen LogP contribution in [0, 0.1) is 0 Å². The Hall–Kier alpha value is -3.01. The topological polar surface area (TPSA) is 54.9 Å². The van der Waals surface area contributed by atoms with Crippen molar-refractivity contribution in [1.82, 2.24) is 15.3 Å². The second-order valence-corrected chi connectivity index (χ2v) is 5.97. The van der Waals surface area contributed by atoms with E-state index in [4.69, 9.17) is 0 Å². The minimum Gasteiger partial charge on any atom is -0.350 e. The van der Waals surface area contributed by atoms with Crippen LogP contribution in [0.4, 0.5) is 0 Å². The zero-order valence-electron chi connectivity index (χ0n) is 14.2. The lowest BCUT2D eigenvalue weighted by Crippen LogP contribution is -2.26. The smallest absolute Gasteiger partial charge is 0.220 e. The van der Waals surface area contributed by atoms with Gasteiger partial charge >= 0.3 is 0 Å². The molecule has 2 heterocycles. The van der Waals surface area contributed by atoms with Crippen LogP contribution < -0.4 is 5.32 Å². The fraction of sp³-hybridized carbons (Fsp3) is 0.190. The average Bonchev–Trinajstić information content (AvgIpc) is 2.68. The lowest BCUT2D eigenvalue weighted by Gasteiger charge is -2.15. The van der Waals surface area contributed by atoms with E-state index in [1.54, 1.807) is 12.4 Å². The first-order valence-electron chi connectivity index (χ1n) is 8.42. The van der Waals surface area contributed by atoms with Crippen LogP contribution in [-0.2, 0) is 11.2 Å². The van der Waals surface area contributed by atoms with E-state index in [1.807, 2.05) is 55.6 Å². The van der Waals surface area contributed by atoms with E-state index >= 15 is 0 Å². The number of nitrogens with zero attached hydrogens (tertiary/aromatic N) is 2. The summed E-state index contributed by atoms with van der Waals surface area (Å²) in [5.74, 6) is 0.0366. The molecular weight excluding hydrogens is 310 g/mol. The molecule has 126 valence electrons. The summed E-state index contributed by atoms with van der Waals surface area (Å²) in [6.45, 7) is 2.00. The minimum atomic E-state index is -0.0285. The fourth-order valence-corrected chi connectivity index (χ4v) is 2.68. The fourth-order valence-electron chi connectivity index (χ4n) is 2.68. The second kappa shape index (κ2) is 8.20. The van der Waals surface area contributed by atoms with Crippen molar-refractivity contribution >= 4 is 5.91 Å². The van der Waals surface area contributed by atoms with Crippen LogP contribution in [0.1, 0.15) is 30.6 Å². The van der Waals surface area contributed by atoms with Crippen molar-refractivity contribution in [3.8, 4) is 11.1 Å². The van der Waals surface area contributed by atoms with E-state index in [1.165, 1.54) is 0 Å². The molecule has 2 aromatic heterocycles. The highest BCUT2D eigenvalue weighted by atomic mass is 16.1. The number of carbonyl (C=O) groups excluding carboxylic acids is 1. The third-order valence-electron chi connectivity index (χ3n) is 4.12. The highest BCUT2D eigenvalue weighted by Crippen LogP contribution is 2.21. The molecular formula is C21H21N3O. The SMILES string of the molecule is C[C@@H](NC(=O)CCc1ccccn1)c1ccc(-c2cccnc2)cc1. The van der Waals surface area contributed by atoms with E-state index < -0.39 is 0 Å². The number of nitrogens with one attached hydrogen (secondary N) is 1. The van der Waals surface area contributed by atoms with Crippen molar-refractivity contribution in [3.05, 3.63) is 84.4 Å². The molecule has 0 bridgehead atoms. The molecule has 0 aliphatic carbocycles. The van der Waals surface area contributed by atoms with Gasteiger partial charge in [-0.1, -0.05) is 36.4 Å². The van der Waals surface area contributed by atoms with Gasteiger partial charge in [0.15, 0.2) is 0 Å². The van der Waals surface area contributed by atoms with Gasteiger partial charge in [0.25, 0.3) is 0 Å². The van der Waals surface area contributed by atoms with Crippen molar-refractivity contribution < 1.29 is 4.79 Å². The normalized spacial score (nSPS) is 11.7. The number of aryl methyl sites for hydroxylation is 1. The van der Waals surface area contributed by atoms with E-state index in [9.17, 15) is 4.79 Å². The molecule has 0 aliphatic heterocycles. The standard InChI is InChI=1S/C21H21N3O/c1-16(24-21(25)12-11-20-6-2-3-14-23-20)17-7-9-18(10-8-17)19-5-4-13-22-15-19/h2-10,13-16H,11-12H2,1H3,(H,24,25)/t16-/m1/s1. The van der Waals surface area contributed by atoms with Gasteiger partial charge in [-0.05, 0) is 48.2 Å². The molecule has 1 aromatic carbocycles. The lowest BCUT2D eigenvalue weighted by molar-refractivity contribution is -0.121. The molecule has 0 unspecified atom stereocenters. The molecule has 4 nitrogen and oxygen atoms in total. The third kappa shape index (κ3) is 4.73. The molecule has 3 rings (SSSR count). The van der Waals surface area contributed by atoms with Crippen LogP contribution in [0.2, 0.25) is 0 Å². The van der Waals surface area contributed by atoms with Crippen molar-refractivity contribution in [3.63, 3.8) is 0 Å². The molecule has 0 radical (unpaired) electrons. The van der Waals surface area contributed by atoms with Gasteiger partial charge in [0.2, 0.25) is 5.91 Å². The lowest BCUT2D eigenvalue weighted by atomic mass is 10.0. The van der Waals surface area contributed by atoms with E-state index in [0.717, 1.165) is 22.4 Å². The van der Waals surface area contributed by atoms with E-state index in [0.29, 0.717) is 12.8 Å². The summed E-state index contributed by atoms with van der Waals surface area (Å²) in [6, 6.07) is 17.9. The van der Waals surface area contributed by atoms with E-state index in [2.05, 4.69) is 27.4 Å². The number of rotatable bonds is 6. The average molecular weight is 331 g/mol. The summed E-state index contributed by atoms with van der Waals surface area (Å²) < 4.78 is 0. The van der Waals surface area contributed by atoms with Gasteiger partial charge in [0.05, 0.1) is 6.04 Å². The van der Waals surface area contributed by atoms with Gasteiger partial charge < -0.3 is 5.32 Å². The Morgan fingerprint density at radius 3 is 2.52 bits per heavy atom. The number of amides is 1. The maximum Gasteiger partial charge on any atom is 0.220 e. The Balaban J connectivity index is 1.55. The molecule has 0 aliphatic rings. The Labute approximate surface area is 148 Å². The Kier molecular flexibility index (Phi) is 5.52. The van der Waals surface area contributed by atoms with Crippen LogP contribution in [0.15, 0.2) is 73.2 Å². The Morgan fingerprint density at radius 1 is 1.00 bits per heavy atom. The first kappa shape index (κ1) is 16.8. The quantitative estimate of drug-likeness (QED) is 0.744. The molecule has 0 saturated carbocycles. The summed E-state index contributed by atoms with van der Waals surface area (Å²) >= 11 is 0. The zero-order valence-corrected chi connectivity index (χ0v) is 14.2. The number of pyridine rings is 2. The highest BCUT2D eigenvalue weighted by Gasteiger charge is 2.10. The van der Waals surface area contributed by atoms with Gasteiger partial charge in [-0.25, -0.2) is 0 Å². The molecule has 1 atom stereocenters. The maximum atomic E-state index is 12.1. The van der Waals surface area contributed by atoms with Crippen LogP contribution in [0.5, 0.6) is 0 Å². The molecule has 3 aromatic rings. The van der Waals surface area contributed by atoms with Gasteiger partial charge in [-0.3, -0.25) is 14.8 Å². The summed E-state index contributed by atoms with van der Waals surface area (Å²) in [6.07, 6.45) is 6.45. The van der Waals surface area contributed by atoms with Crippen LogP contribution in [0.25, 0.3) is 11.1 Å². The minimum absolute atomic E-state index is 0.0285. The molecule has 1 amide bonds. The predicted molar refractivity (Wildman–Crippen MR) is 98.8 cm³/mol. The third-order valence-corrected chi connectivity index (χ3v) is 4.12. The van der Waals surface area contributed by atoms with Gasteiger partial charge in [-0.2, -0.15) is 0 Å². The van der Waals surface area contributed by atoms with E-state index in [-0.39, 0.29) is 11.9 Å². The molecule has 0 fully saturated rings. The van der Waals surface area contributed by atoms with Crippen LogP contribution in [0.3, 0.4) is 0 Å². The zero-order chi connectivity index (χ0) is 17.5. The summed E-state index contributed by atoms with van der Waals surface area (Å²) in [4.78, 5) is 20.5. The number of hydrogen-bond donors (Lipinski definition) is 1. The van der Waals surface area contributed by atoms with Crippen molar-refractivity contribution in [2.75, 3.05) is 0 Å².